The topological polar surface area (TPSA) is 53.4 Å². The van der Waals surface area contributed by atoms with Crippen LogP contribution in [-0.2, 0) is 0 Å². The number of hydrogen-bond acceptors (Lipinski definition) is 5. The first-order chi connectivity index (χ1) is 13.1. The van der Waals surface area contributed by atoms with E-state index in [0.717, 1.165) is 49.5 Å². The molecule has 1 aromatic carbocycles. The lowest BCUT2D eigenvalue weighted by atomic mass is 10.1. The highest BCUT2D eigenvalue weighted by atomic mass is 15.4. The zero-order valence-corrected chi connectivity index (χ0v) is 16.8. The third-order valence-electron chi connectivity index (χ3n) is 4.87. The zero-order chi connectivity index (χ0) is 19.2. The molecule has 27 heavy (non-hydrogen) atoms. The number of benzene rings is 1. The molecule has 5 nitrogen and oxygen atoms in total. The Labute approximate surface area is 162 Å². The molecule has 3 rings (SSSR count). The van der Waals surface area contributed by atoms with Crippen LogP contribution in [0.5, 0.6) is 0 Å². The Bertz CT molecular complexity index is 812. The zero-order valence-electron chi connectivity index (χ0n) is 16.8. The molecule has 0 bridgehead atoms. The standard InChI is InChI=1S/C22H29N5/c1-5-27(6-2)20-12-10-18(11-13-20)15-19-8-7-9-21(19)25-26-22-23-16(3)14-17(4)24-22/h10-15H,5-9H2,1-4H3,(H,23,24,26)/b19-15+,25-21-. The van der Waals surface area contributed by atoms with Crippen molar-refractivity contribution in [3.63, 3.8) is 0 Å². The van der Waals surface area contributed by atoms with Gasteiger partial charge in [0.25, 0.3) is 0 Å². The molecule has 1 saturated carbocycles. The second-order valence-corrected chi connectivity index (χ2v) is 6.93. The van der Waals surface area contributed by atoms with Gasteiger partial charge in [0, 0.05) is 30.2 Å². The SMILES string of the molecule is CCN(CC)c1ccc(/C=C2\CCC\C2=N\Nc2nc(C)cc(C)n2)cc1. The maximum absolute atomic E-state index is 4.59. The lowest BCUT2D eigenvalue weighted by molar-refractivity contribution is 0.866. The molecule has 5 heteroatoms. The average molecular weight is 364 g/mol. The van der Waals surface area contributed by atoms with Gasteiger partial charge in [-0.25, -0.2) is 15.4 Å². The van der Waals surface area contributed by atoms with Gasteiger partial charge in [0.1, 0.15) is 0 Å². The molecule has 0 unspecified atom stereocenters. The minimum atomic E-state index is 0.565. The van der Waals surface area contributed by atoms with E-state index in [0.29, 0.717) is 5.95 Å². The Morgan fingerprint density at radius 1 is 1.04 bits per heavy atom. The van der Waals surface area contributed by atoms with E-state index in [2.05, 4.69) is 69.6 Å². The van der Waals surface area contributed by atoms with Gasteiger partial charge in [-0.1, -0.05) is 12.1 Å². The number of anilines is 2. The summed E-state index contributed by atoms with van der Waals surface area (Å²) in [6.45, 7) is 10.4. The highest BCUT2D eigenvalue weighted by Crippen LogP contribution is 2.25. The van der Waals surface area contributed by atoms with E-state index in [4.69, 9.17) is 0 Å². The van der Waals surface area contributed by atoms with Crippen LogP contribution in [0.25, 0.3) is 6.08 Å². The lowest BCUT2D eigenvalue weighted by Gasteiger charge is -2.20. The Balaban J connectivity index is 1.75. The van der Waals surface area contributed by atoms with Gasteiger partial charge in [-0.3, -0.25) is 0 Å². The van der Waals surface area contributed by atoms with Crippen LogP contribution in [0, 0.1) is 13.8 Å². The molecule has 1 aromatic heterocycles. The molecule has 1 aliphatic rings. The molecular weight excluding hydrogens is 334 g/mol. The maximum Gasteiger partial charge on any atom is 0.243 e. The molecule has 0 atom stereocenters. The van der Waals surface area contributed by atoms with Crippen LogP contribution >= 0.6 is 0 Å². The smallest absolute Gasteiger partial charge is 0.243 e. The first kappa shape index (κ1) is 19.1. The Morgan fingerprint density at radius 3 is 2.33 bits per heavy atom. The third-order valence-corrected chi connectivity index (χ3v) is 4.87. The van der Waals surface area contributed by atoms with Gasteiger partial charge in [0.15, 0.2) is 0 Å². The number of aromatic nitrogens is 2. The first-order valence-electron chi connectivity index (χ1n) is 9.80. The summed E-state index contributed by atoms with van der Waals surface area (Å²) in [6.07, 6.45) is 5.44. The monoisotopic (exact) mass is 363 g/mol. The van der Waals surface area contributed by atoms with Crippen molar-refractivity contribution < 1.29 is 0 Å². The van der Waals surface area contributed by atoms with Crippen molar-refractivity contribution in [2.24, 2.45) is 5.10 Å². The van der Waals surface area contributed by atoms with Crippen molar-refractivity contribution in [1.82, 2.24) is 9.97 Å². The summed E-state index contributed by atoms with van der Waals surface area (Å²) in [7, 11) is 0. The van der Waals surface area contributed by atoms with Gasteiger partial charge in [-0.15, -0.1) is 0 Å². The van der Waals surface area contributed by atoms with Crippen LogP contribution < -0.4 is 10.3 Å². The summed E-state index contributed by atoms with van der Waals surface area (Å²) in [4.78, 5) is 11.1. The minimum absolute atomic E-state index is 0.565. The van der Waals surface area contributed by atoms with Crippen LogP contribution in [0.3, 0.4) is 0 Å². The van der Waals surface area contributed by atoms with Crippen LogP contribution in [0.1, 0.15) is 50.1 Å². The van der Waals surface area contributed by atoms with E-state index in [9.17, 15) is 0 Å². The fraction of sp³-hybridized carbons (Fsp3) is 0.409. The van der Waals surface area contributed by atoms with Gasteiger partial charge in [0.2, 0.25) is 5.95 Å². The fourth-order valence-electron chi connectivity index (χ4n) is 3.50. The van der Waals surface area contributed by atoms with Gasteiger partial charge in [-0.05, 0) is 82.4 Å². The van der Waals surface area contributed by atoms with Crippen molar-refractivity contribution in [2.45, 2.75) is 47.0 Å². The molecule has 1 N–H and O–H groups in total. The summed E-state index contributed by atoms with van der Waals surface area (Å²) in [6, 6.07) is 10.7. The Kier molecular flexibility index (Phi) is 6.22. The van der Waals surface area contributed by atoms with Crippen molar-refractivity contribution in [3.8, 4) is 0 Å². The average Bonchev–Trinajstić information content (AvgIpc) is 3.08. The molecule has 2 aromatic rings. The number of hydrazone groups is 1. The molecule has 0 amide bonds. The van der Waals surface area contributed by atoms with Crippen LogP contribution in [0.15, 0.2) is 41.0 Å². The van der Waals surface area contributed by atoms with E-state index >= 15 is 0 Å². The predicted molar refractivity (Wildman–Crippen MR) is 114 cm³/mol. The summed E-state index contributed by atoms with van der Waals surface area (Å²) >= 11 is 0. The van der Waals surface area contributed by atoms with E-state index in [1.165, 1.54) is 16.8 Å². The molecule has 1 aliphatic carbocycles. The van der Waals surface area contributed by atoms with Crippen molar-refractivity contribution in [2.75, 3.05) is 23.4 Å². The minimum Gasteiger partial charge on any atom is -0.372 e. The van der Waals surface area contributed by atoms with E-state index in [1.54, 1.807) is 0 Å². The normalized spacial score (nSPS) is 16.9. The molecule has 142 valence electrons. The van der Waals surface area contributed by atoms with Crippen molar-refractivity contribution >= 4 is 23.4 Å². The molecule has 1 fully saturated rings. The van der Waals surface area contributed by atoms with Crippen LogP contribution in [-0.4, -0.2) is 28.8 Å². The molecule has 1 heterocycles. The molecule has 0 radical (unpaired) electrons. The second-order valence-electron chi connectivity index (χ2n) is 6.93. The van der Waals surface area contributed by atoms with E-state index in [1.807, 2.05) is 19.9 Å². The molecule has 0 saturated heterocycles. The van der Waals surface area contributed by atoms with Gasteiger partial charge < -0.3 is 4.90 Å². The van der Waals surface area contributed by atoms with Crippen LogP contribution in [0.4, 0.5) is 11.6 Å². The Morgan fingerprint density at radius 2 is 1.70 bits per heavy atom. The van der Waals surface area contributed by atoms with E-state index < -0.39 is 0 Å². The molecule has 0 aliphatic heterocycles. The van der Waals surface area contributed by atoms with Gasteiger partial charge in [-0.2, -0.15) is 5.10 Å². The van der Waals surface area contributed by atoms with Crippen molar-refractivity contribution in [1.29, 1.82) is 0 Å². The quantitative estimate of drug-likeness (QED) is 0.736. The maximum atomic E-state index is 4.59. The number of nitrogens with one attached hydrogen (secondary N) is 1. The first-order valence-corrected chi connectivity index (χ1v) is 9.80. The Hall–Kier alpha value is -2.69. The molecular formula is C22H29N5. The van der Waals surface area contributed by atoms with Gasteiger partial charge >= 0.3 is 0 Å². The largest absolute Gasteiger partial charge is 0.372 e. The number of allylic oxidation sites excluding steroid dienone is 1. The molecule has 0 spiro atoms. The number of hydrogen-bond donors (Lipinski definition) is 1. The number of aryl methyl sites for hydroxylation is 2. The van der Waals surface area contributed by atoms with Crippen LogP contribution in [0.2, 0.25) is 0 Å². The van der Waals surface area contributed by atoms with Crippen molar-refractivity contribution in [3.05, 3.63) is 52.9 Å². The number of rotatable bonds is 6. The predicted octanol–water partition coefficient (Wildman–Crippen LogP) is 4.98. The third kappa shape index (κ3) is 4.94. The summed E-state index contributed by atoms with van der Waals surface area (Å²) < 4.78 is 0. The van der Waals surface area contributed by atoms with Gasteiger partial charge in [0.05, 0.1) is 5.71 Å². The number of nitrogens with zero attached hydrogens (tertiary/aromatic N) is 4. The summed E-state index contributed by atoms with van der Waals surface area (Å²) in [5.74, 6) is 0.565. The fourth-order valence-corrected chi connectivity index (χ4v) is 3.50. The second kappa shape index (κ2) is 8.80. The highest BCUT2D eigenvalue weighted by molar-refractivity contribution is 6.05. The lowest BCUT2D eigenvalue weighted by Crippen LogP contribution is -2.21. The summed E-state index contributed by atoms with van der Waals surface area (Å²) in [5.41, 5.74) is 9.82. The van der Waals surface area contributed by atoms with E-state index in [-0.39, 0.29) is 0 Å². The summed E-state index contributed by atoms with van der Waals surface area (Å²) in [5, 5.41) is 4.59. The highest BCUT2D eigenvalue weighted by Gasteiger charge is 2.15.